The Kier molecular flexibility index (Phi) is 4.63. The van der Waals surface area contributed by atoms with Crippen molar-refractivity contribution in [3.8, 4) is 0 Å². The average Bonchev–Trinajstić information content (AvgIpc) is 3.27. The van der Waals surface area contributed by atoms with Crippen LogP contribution in [0.1, 0.15) is 41.5 Å². The average molecular weight is 330 g/mol. The van der Waals surface area contributed by atoms with Crippen molar-refractivity contribution in [3.63, 3.8) is 0 Å². The fourth-order valence-corrected chi connectivity index (χ4v) is 2.26. The molecular weight excluding hydrogens is 313 g/mol. The number of alkyl halides is 3. The molecule has 0 aliphatic heterocycles. The maximum absolute atomic E-state index is 12.6. The number of carboxylic acids is 1. The van der Waals surface area contributed by atoms with Gasteiger partial charge in [-0.2, -0.15) is 13.2 Å². The number of carboxylic acid groups (broad SMARTS) is 1. The van der Waals surface area contributed by atoms with Crippen molar-refractivity contribution in [1.29, 1.82) is 0 Å². The molecule has 1 aliphatic rings. The van der Waals surface area contributed by atoms with Gasteiger partial charge in [0.1, 0.15) is 5.69 Å². The highest BCUT2D eigenvalue weighted by molar-refractivity contribution is 5.95. The lowest BCUT2D eigenvalue weighted by atomic mass is 10.1. The van der Waals surface area contributed by atoms with E-state index < -0.39 is 29.7 Å². The highest BCUT2D eigenvalue weighted by atomic mass is 19.4. The molecule has 0 saturated heterocycles. The van der Waals surface area contributed by atoms with Crippen LogP contribution >= 0.6 is 0 Å². The summed E-state index contributed by atoms with van der Waals surface area (Å²) in [4.78, 5) is 28.4. The predicted molar refractivity (Wildman–Crippen MR) is 74.8 cm³/mol. The van der Waals surface area contributed by atoms with Crippen LogP contribution in [0.4, 0.5) is 13.2 Å². The van der Waals surface area contributed by atoms with E-state index in [1.54, 1.807) is 0 Å². The second-order valence-electron chi connectivity index (χ2n) is 5.76. The van der Waals surface area contributed by atoms with Gasteiger partial charge in [-0.1, -0.05) is 6.92 Å². The maximum atomic E-state index is 12.6. The van der Waals surface area contributed by atoms with Crippen molar-refractivity contribution in [3.05, 3.63) is 29.1 Å². The Bertz CT molecular complexity index is 627. The molecule has 0 aromatic carbocycles. The number of hydrogen-bond donors (Lipinski definition) is 1. The van der Waals surface area contributed by atoms with Crippen LogP contribution in [0.15, 0.2) is 12.1 Å². The topological polar surface area (TPSA) is 70.5 Å². The standard InChI is InChI=1S/C15H17F3N2O3/c1-8(14(22)23)7-20(10-3-4-10)13(21)11-5-6-12(15(16,17)18)19-9(11)2/h5-6,8,10H,3-4,7H2,1-2H3,(H,22,23). The van der Waals surface area contributed by atoms with Crippen LogP contribution in [0.25, 0.3) is 0 Å². The summed E-state index contributed by atoms with van der Waals surface area (Å²) >= 11 is 0. The van der Waals surface area contributed by atoms with Crippen LogP contribution in [-0.4, -0.2) is 39.5 Å². The van der Waals surface area contributed by atoms with Crippen molar-refractivity contribution in [2.24, 2.45) is 5.92 Å². The minimum atomic E-state index is -4.57. The molecule has 1 fully saturated rings. The van der Waals surface area contributed by atoms with Gasteiger partial charge in [0.15, 0.2) is 0 Å². The highest BCUT2D eigenvalue weighted by Crippen LogP contribution is 2.31. The molecule has 1 saturated carbocycles. The first kappa shape index (κ1) is 17.2. The van der Waals surface area contributed by atoms with Gasteiger partial charge < -0.3 is 10.0 Å². The number of nitrogens with zero attached hydrogens (tertiary/aromatic N) is 2. The Hall–Kier alpha value is -2.12. The van der Waals surface area contributed by atoms with Gasteiger partial charge in [0.05, 0.1) is 17.2 Å². The molecule has 5 nitrogen and oxygen atoms in total. The van der Waals surface area contributed by atoms with E-state index in [4.69, 9.17) is 5.11 Å². The molecule has 126 valence electrons. The van der Waals surface area contributed by atoms with E-state index in [0.717, 1.165) is 25.0 Å². The molecule has 1 unspecified atom stereocenters. The number of aryl methyl sites for hydroxylation is 1. The van der Waals surface area contributed by atoms with Crippen LogP contribution in [0, 0.1) is 12.8 Å². The number of pyridine rings is 1. The molecule has 2 rings (SSSR count). The maximum Gasteiger partial charge on any atom is 0.433 e. The second kappa shape index (κ2) is 6.17. The summed E-state index contributed by atoms with van der Waals surface area (Å²) in [6.45, 7) is 2.86. The van der Waals surface area contributed by atoms with E-state index >= 15 is 0 Å². The first-order valence-corrected chi connectivity index (χ1v) is 7.20. The molecule has 1 heterocycles. The van der Waals surface area contributed by atoms with Gasteiger partial charge in [-0.15, -0.1) is 0 Å². The second-order valence-corrected chi connectivity index (χ2v) is 5.76. The summed E-state index contributed by atoms with van der Waals surface area (Å²) < 4.78 is 37.9. The Morgan fingerprint density at radius 1 is 1.39 bits per heavy atom. The summed E-state index contributed by atoms with van der Waals surface area (Å²) in [6, 6.07) is 1.83. The lowest BCUT2D eigenvalue weighted by Gasteiger charge is -2.25. The SMILES string of the molecule is Cc1nc(C(F)(F)F)ccc1C(=O)N(CC(C)C(=O)O)C1CC1. The minimum absolute atomic E-state index is 0.0153. The van der Waals surface area contributed by atoms with Crippen LogP contribution in [0.3, 0.4) is 0 Å². The van der Waals surface area contributed by atoms with Crippen LogP contribution < -0.4 is 0 Å². The first-order chi connectivity index (χ1) is 10.6. The quantitative estimate of drug-likeness (QED) is 0.901. The minimum Gasteiger partial charge on any atom is -0.481 e. The third kappa shape index (κ3) is 4.00. The molecule has 8 heteroatoms. The molecule has 23 heavy (non-hydrogen) atoms. The molecule has 1 aromatic heterocycles. The number of aromatic nitrogens is 1. The smallest absolute Gasteiger partial charge is 0.433 e. The van der Waals surface area contributed by atoms with Crippen molar-refractivity contribution < 1.29 is 27.9 Å². The molecule has 1 amide bonds. The molecule has 1 aliphatic carbocycles. The number of halogens is 3. The molecule has 0 bridgehead atoms. The Morgan fingerprint density at radius 2 is 2.00 bits per heavy atom. The van der Waals surface area contributed by atoms with Gasteiger partial charge >= 0.3 is 12.1 Å². The predicted octanol–water partition coefficient (Wildman–Crippen LogP) is 2.73. The zero-order valence-electron chi connectivity index (χ0n) is 12.7. The van der Waals surface area contributed by atoms with Crippen LogP contribution in [-0.2, 0) is 11.0 Å². The van der Waals surface area contributed by atoms with Gasteiger partial charge in [-0.3, -0.25) is 9.59 Å². The summed E-state index contributed by atoms with van der Waals surface area (Å²) in [6.07, 6.45) is -3.03. The zero-order valence-corrected chi connectivity index (χ0v) is 12.7. The van der Waals surface area contributed by atoms with Crippen molar-refractivity contribution in [2.45, 2.75) is 38.9 Å². The number of carbonyl (C=O) groups is 2. The lowest BCUT2D eigenvalue weighted by Crippen LogP contribution is -2.39. The summed E-state index contributed by atoms with van der Waals surface area (Å²) in [5, 5.41) is 8.99. The van der Waals surface area contributed by atoms with Gasteiger partial charge in [0.25, 0.3) is 5.91 Å². The van der Waals surface area contributed by atoms with E-state index in [0.29, 0.717) is 0 Å². The van der Waals surface area contributed by atoms with Gasteiger partial charge in [-0.25, -0.2) is 4.98 Å². The van der Waals surface area contributed by atoms with E-state index in [1.807, 2.05) is 0 Å². The van der Waals surface area contributed by atoms with Gasteiger partial charge in [0.2, 0.25) is 0 Å². The zero-order chi connectivity index (χ0) is 17.4. The van der Waals surface area contributed by atoms with E-state index in [-0.39, 0.29) is 23.8 Å². The lowest BCUT2D eigenvalue weighted by molar-refractivity contribution is -0.142. The number of amides is 1. The molecule has 1 atom stereocenters. The number of carbonyl (C=O) groups excluding carboxylic acids is 1. The molecule has 1 N–H and O–H groups in total. The number of hydrogen-bond acceptors (Lipinski definition) is 3. The summed E-state index contributed by atoms with van der Waals surface area (Å²) in [7, 11) is 0. The highest BCUT2D eigenvalue weighted by Gasteiger charge is 2.37. The number of rotatable bonds is 5. The molecule has 0 radical (unpaired) electrons. The Balaban J connectivity index is 2.25. The van der Waals surface area contributed by atoms with Crippen LogP contribution in [0.2, 0.25) is 0 Å². The Labute approximate surface area is 131 Å². The summed E-state index contributed by atoms with van der Waals surface area (Å²) in [5.41, 5.74) is -0.996. The van der Waals surface area contributed by atoms with Gasteiger partial charge in [0, 0.05) is 12.6 Å². The third-order valence-electron chi connectivity index (χ3n) is 3.75. The van der Waals surface area contributed by atoms with E-state index in [9.17, 15) is 22.8 Å². The summed E-state index contributed by atoms with van der Waals surface area (Å²) in [5.74, 6) is -2.24. The van der Waals surface area contributed by atoms with Crippen LogP contribution in [0.5, 0.6) is 0 Å². The normalized spacial score (nSPS) is 16.0. The van der Waals surface area contributed by atoms with E-state index in [2.05, 4.69) is 4.98 Å². The largest absolute Gasteiger partial charge is 0.481 e. The fourth-order valence-electron chi connectivity index (χ4n) is 2.26. The molecule has 0 spiro atoms. The van der Waals surface area contributed by atoms with Crippen molar-refractivity contribution >= 4 is 11.9 Å². The van der Waals surface area contributed by atoms with Crippen molar-refractivity contribution in [2.75, 3.05) is 6.54 Å². The van der Waals surface area contributed by atoms with Crippen molar-refractivity contribution in [1.82, 2.24) is 9.88 Å². The third-order valence-corrected chi connectivity index (χ3v) is 3.75. The monoisotopic (exact) mass is 330 g/mol. The first-order valence-electron chi connectivity index (χ1n) is 7.20. The van der Waals surface area contributed by atoms with E-state index in [1.165, 1.54) is 18.7 Å². The molecule has 1 aromatic rings. The molecular formula is C15H17F3N2O3. The number of aliphatic carboxylic acids is 1. The fraction of sp³-hybridized carbons (Fsp3) is 0.533. The van der Waals surface area contributed by atoms with Gasteiger partial charge in [-0.05, 0) is 31.9 Å². The Morgan fingerprint density at radius 3 is 2.43 bits per heavy atom.